The van der Waals surface area contributed by atoms with E-state index in [1.54, 1.807) is 0 Å². The third-order valence-corrected chi connectivity index (χ3v) is 5.96. The van der Waals surface area contributed by atoms with Gasteiger partial charge in [-0.3, -0.25) is 0 Å². The summed E-state index contributed by atoms with van der Waals surface area (Å²) in [6.45, 7) is 0.268. The zero-order valence-electron chi connectivity index (χ0n) is 16.1. The summed E-state index contributed by atoms with van der Waals surface area (Å²) in [7, 11) is 1.97. The SMILES string of the molecule is Cn1c2ccccc2c2nnc(OCc3nc4ccc(C5CCC5)cc4[nH]3)nc21. The van der Waals surface area contributed by atoms with E-state index in [0.29, 0.717) is 5.92 Å². The highest BCUT2D eigenvalue weighted by Gasteiger charge is 2.20. The Morgan fingerprint density at radius 1 is 1.10 bits per heavy atom. The standard InChI is InChI=1S/C22H20N6O/c1-28-18-8-3-2-7-15(18)20-21(28)25-22(27-26-20)29-12-19-23-16-10-9-14(11-17(16)24-19)13-5-4-6-13/h2-3,7-11,13H,4-6,12H2,1H3,(H,23,24). The maximum Gasteiger partial charge on any atom is 0.338 e. The van der Waals surface area contributed by atoms with Crippen molar-refractivity contribution in [1.29, 1.82) is 0 Å². The Hall–Kier alpha value is -3.48. The average molecular weight is 384 g/mol. The molecule has 0 amide bonds. The number of aromatic nitrogens is 6. The summed E-state index contributed by atoms with van der Waals surface area (Å²) >= 11 is 0. The monoisotopic (exact) mass is 384 g/mol. The minimum atomic E-state index is 0.249. The largest absolute Gasteiger partial charge is 0.454 e. The van der Waals surface area contributed by atoms with Crippen LogP contribution < -0.4 is 4.74 Å². The first-order chi connectivity index (χ1) is 14.3. The van der Waals surface area contributed by atoms with E-state index in [0.717, 1.165) is 38.9 Å². The molecule has 3 aromatic heterocycles. The van der Waals surface area contributed by atoms with Gasteiger partial charge in [-0.15, -0.1) is 5.10 Å². The molecule has 7 heteroatoms. The molecule has 0 atom stereocenters. The second-order valence-corrected chi connectivity index (χ2v) is 7.72. The van der Waals surface area contributed by atoms with Crippen LogP contribution in [-0.2, 0) is 13.7 Å². The molecule has 0 unspecified atom stereocenters. The number of fused-ring (bicyclic) bond motifs is 4. The van der Waals surface area contributed by atoms with Crippen molar-refractivity contribution < 1.29 is 4.74 Å². The average Bonchev–Trinajstić information content (AvgIpc) is 3.24. The lowest BCUT2D eigenvalue weighted by atomic mass is 9.80. The van der Waals surface area contributed by atoms with Gasteiger partial charge in [0.15, 0.2) is 5.65 Å². The Labute approximate surface area is 166 Å². The van der Waals surface area contributed by atoms with Gasteiger partial charge in [0.1, 0.15) is 17.9 Å². The van der Waals surface area contributed by atoms with Crippen molar-refractivity contribution in [3.63, 3.8) is 0 Å². The molecule has 0 spiro atoms. The van der Waals surface area contributed by atoms with Gasteiger partial charge in [-0.25, -0.2) is 4.98 Å². The Balaban J connectivity index is 1.27. The van der Waals surface area contributed by atoms with E-state index in [2.05, 4.69) is 43.3 Å². The molecule has 2 aromatic carbocycles. The van der Waals surface area contributed by atoms with E-state index in [9.17, 15) is 0 Å². The van der Waals surface area contributed by atoms with Gasteiger partial charge in [-0.05, 0) is 42.5 Å². The fourth-order valence-electron chi connectivity index (χ4n) is 4.13. The maximum absolute atomic E-state index is 5.80. The van der Waals surface area contributed by atoms with E-state index >= 15 is 0 Å². The molecule has 0 bridgehead atoms. The second-order valence-electron chi connectivity index (χ2n) is 7.72. The first kappa shape index (κ1) is 16.5. The summed E-state index contributed by atoms with van der Waals surface area (Å²) in [5.41, 5.74) is 6.01. The minimum Gasteiger partial charge on any atom is -0.454 e. The highest BCUT2D eigenvalue weighted by atomic mass is 16.5. The predicted molar refractivity (Wildman–Crippen MR) is 111 cm³/mol. The molecule has 1 aliphatic rings. The molecular formula is C22H20N6O. The molecule has 6 rings (SSSR count). The molecule has 1 N–H and O–H groups in total. The van der Waals surface area contributed by atoms with Crippen LogP contribution in [0, 0.1) is 0 Å². The second kappa shape index (κ2) is 6.27. The lowest BCUT2D eigenvalue weighted by molar-refractivity contribution is 0.270. The lowest BCUT2D eigenvalue weighted by Gasteiger charge is -2.25. The Bertz CT molecular complexity index is 1360. The molecule has 5 aromatic rings. The number of imidazole rings is 1. The molecule has 144 valence electrons. The van der Waals surface area contributed by atoms with Crippen molar-refractivity contribution in [2.75, 3.05) is 0 Å². The molecule has 1 fully saturated rings. The molecule has 0 aliphatic heterocycles. The van der Waals surface area contributed by atoms with Gasteiger partial charge in [-0.2, -0.15) is 4.98 Å². The molecule has 1 saturated carbocycles. The normalized spacial score (nSPS) is 14.7. The number of hydrogen-bond acceptors (Lipinski definition) is 5. The van der Waals surface area contributed by atoms with E-state index in [4.69, 9.17) is 4.74 Å². The van der Waals surface area contributed by atoms with Crippen molar-refractivity contribution in [2.45, 2.75) is 31.8 Å². The summed E-state index contributed by atoms with van der Waals surface area (Å²) in [5, 5.41) is 9.54. The number of hydrogen-bond donors (Lipinski definition) is 1. The van der Waals surface area contributed by atoms with Crippen LogP contribution in [0.5, 0.6) is 6.01 Å². The topological polar surface area (TPSA) is 81.5 Å². The Morgan fingerprint density at radius 3 is 2.86 bits per heavy atom. The number of nitrogens with zero attached hydrogens (tertiary/aromatic N) is 5. The zero-order valence-corrected chi connectivity index (χ0v) is 16.1. The van der Waals surface area contributed by atoms with Crippen LogP contribution in [0.3, 0.4) is 0 Å². The van der Waals surface area contributed by atoms with Crippen molar-refractivity contribution >= 4 is 33.1 Å². The fourth-order valence-corrected chi connectivity index (χ4v) is 4.13. The molecule has 7 nitrogen and oxygen atoms in total. The van der Waals surface area contributed by atoms with Gasteiger partial charge in [0.05, 0.1) is 16.6 Å². The smallest absolute Gasteiger partial charge is 0.338 e. The van der Waals surface area contributed by atoms with Gasteiger partial charge in [0, 0.05) is 12.4 Å². The molecule has 0 radical (unpaired) electrons. The third-order valence-electron chi connectivity index (χ3n) is 5.96. The minimum absolute atomic E-state index is 0.249. The number of para-hydroxylation sites is 1. The maximum atomic E-state index is 5.80. The van der Waals surface area contributed by atoms with E-state index in [-0.39, 0.29) is 12.6 Å². The van der Waals surface area contributed by atoms with E-state index < -0.39 is 0 Å². The van der Waals surface area contributed by atoms with Crippen molar-refractivity contribution in [3.05, 3.63) is 53.9 Å². The van der Waals surface area contributed by atoms with Gasteiger partial charge >= 0.3 is 6.01 Å². The van der Waals surface area contributed by atoms with Crippen molar-refractivity contribution in [2.24, 2.45) is 7.05 Å². The zero-order chi connectivity index (χ0) is 19.4. The predicted octanol–water partition coefficient (Wildman–Crippen LogP) is 4.24. The van der Waals surface area contributed by atoms with E-state index in [1.165, 1.54) is 24.8 Å². The van der Waals surface area contributed by atoms with Gasteiger partial charge in [0.2, 0.25) is 0 Å². The van der Waals surface area contributed by atoms with Crippen LogP contribution >= 0.6 is 0 Å². The van der Waals surface area contributed by atoms with Crippen LogP contribution in [0.15, 0.2) is 42.5 Å². The third kappa shape index (κ3) is 2.65. The first-order valence-electron chi connectivity index (χ1n) is 9.95. The Morgan fingerprint density at radius 2 is 2.00 bits per heavy atom. The van der Waals surface area contributed by atoms with Crippen LogP contribution in [-0.4, -0.2) is 29.7 Å². The van der Waals surface area contributed by atoms with Gasteiger partial charge < -0.3 is 14.3 Å². The summed E-state index contributed by atoms with van der Waals surface area (Å²) in [4.78, 5) is 12.5. The summed E-state index contributed by atoms with van der Waals surface area (Å²) in [6.07, 6.45) is 3.91. The Kier molecular flexibility index (Phi) is 3.56. The van der Waals surface area contributed by atoms with Gasteiger partial charge in [-0.1, -0.05) is 35.8 Å². The number of nitrogens with one attached hydrogen (secondary N) is 1. The summed E-state index contributed by atoms with van der Waals surface area (Å²) in [6, 6.07) is 14.8. The molecule has 29 heavy (non-hydrogen) atoms. The van der Waals surface area contributed by atoms with Crippen LogP contribution in [0.25, 0.3) is 33.1 Å². The number of benzene rings is 2. The van der Waals surface area contributed by atoms with Crippen LogP contribution in [0.1, 0.15) is 36.6 Å². The summed E-state index contributed by atoms with van der Waals surface area (Å²) in [5.74, 6) is 1.46. The lowest BCUT2D eigenvalue weighted by Crippen LogP contribution is -2.08. The molecule has 1 aliphatic carbocycles. The fraction of sp³-hybridized carbons (Fsp3) is 0.273. The number of aromatic amines is 1. The highest BCUT2D eigenvalue weighted by molar-refractivity contribution is 6.03. The number of H-pyrrole nitrogens is 1. The van der Waals surface area contributed by atoms with Crippen LogP contribution in [0.4, 0.5) is 0 Å². The first-order valence-corrected chi connectivity index (χ1v) is 9.95. The highest BCUT2D eigenvalue weighted by Crippen LogP contribution is 2.37. The van der Waals surface area contributed by atoms with Crippen LogP contribution in [0.2, 0.25) is 0 Å². The van der Waals surface area contributed by atoms with E-state index in [1.807, 2.05) is 35.9 Å². The number of aryl methyl sites for hydroxylation is 1. The van der Waals surface area contributed by atoms with Crippen molar-refractivity contribution in [1.82, 2.24) is 29.7 Å². The van der Waals surface area contributed by atoms with Gasteiger partial charge in [0.25, 0.3) is 0 Å². The number of ether oxygens (including phenoxy) is 1. The molecular weight excluding hydrogens is 364 g/mol. The molecule has 0 saturated heterocycles. The molecule has 3 heterocycles. The summed E-state index contributed by atoms with van der Waals surface area (Å²) < 4.78 is 7.81. The quantitative estimate of drug-likeness (QED) is 0.501. The number of rotatable bonds is 4. The van der Waals surface area contributed by atoms with Crippen molar-refractivity contribution in [3.8, 4) is 6.01 Å².